The van der Waals surface area contributed by atoms with Gasteiger partial charge in [0.15, 0.2) is 9.84 Å². The molecule has 1 aromatic rings. The summed E-state index contributed by atoms with van der Waals surface area (Å²) in [6.07, 6.45) is 0. The van der Waals surface area contributed by atoms with Gasteiger partial charge in [-0.3, -0.25) is 0 Å². The Labute approximate surface area is 125 Å². The second-order valence-corrected chi connectivity index (χ2v) is 7.97. The van der Waals surface area contributed by atoms with Crippen LogP contribution in [0.5, 0.6) is 0 Å². The van der Waals surface area contributed by atoms with Crippen molar-refractivity contribution in [2.75, 3.05) is 23.0 Å². The topological polar surface area (TPSA) is 76.3 Å². The van der Waals surface area contributed by atoms with E-state index >= 15 is 0 Å². The van der Waals surface area contributed by atoms with E-state index in [1.165, 1.54) is 0 Å². The monoisotopic (exact) mass is 313 g/mol. The van der Waals surface area contributed by atoms with Crippen LogP contribution in [0, 0.1) is 13.8 Å². The number of aromatic nitrogens is 1. The molecule has 110 valence electrons. The summed E-state index contributed by atoms with van der Waals surface area (Å²) in [5.41, 5.74) is 8.41. The first-order valence-corrected chi connectivity index (χ1v) is 8.69. The van der Waals surface area contributed by atoms with Gasteiger partial charge < -0.3 is 10.6 Å². The predicted octanol–water partition coefficient (Wildman–Crippen LogP) is 0.956. The first-order valence-electron chi connectivity index (χ1n) is 6.46. The van der Waals surface area contributed by atoms with Crippen molar-refractivity contribution in [1.82, 2.24) is 4.98 Å². The quantitative estimate of drug-likeness (QED) is 0.820. The average molecular weight is 313 g/mol. The molecule has 5 nitrogen and oxygen atoms in total. The minimum absolute atomic E-state index is 0.129. The van der Waals surface area contributed by atoms with Crippen LogP contribution in [-0.4, -0.2) is 42.5 Å². The maximum Gasteiger partial charge on any atom is 0.154 e. The molecule has 20 heavy (non-hydrogen) atoms. The number of hydrogen-bond acceptors (Lipinski definition) is 5. The second-order valence-electron chi connectivity index (χ2n) is 5.30. The molecule has 1 aliphatic rings. The number of thiocarbonyl (C=S) groups is 1. The summed E-state index contributed by atoms with van der Waals surface area (Å²) < 4.78 is 23.4. The van der Waals surface area contributed by atoms with Crippen LogP contribution in [0.15, 0.2) is 6.07 Å². The molecular weight excluding hydrogens is 294 g/mol. The maximum atomic E-state index is 11.7. The highest BCUT2D eigenvalue weighted by Crippen LogP contribution is 2.26. The lowest BCUT2D eigenvalue weighted by Gasteiger charge is -2.35. The van der Waals surface area contributed by atoms with Gasteiger partial charge in [-0.15, -0.1) is 0 Å². The number of sulfone groups is 1. The molecule has 2 N–H and O–H groups in total. The Morgan fingerprint density at radius 3 is 2.70 bits per heavy atom. The number of rotatable bonds is 2. The summed E-state index contributed by atoms with van der Waals surface area (Å²) >= 11 is 5.13. The summed E-state index contributed by atoms with van der Waals surface area (Å²) in [6, 6.07) is 1.80. The molecule has 1 fully saturated rings. The van der Waals surface area contributed by atoms with Crippen LogP contribution in [0.2, 0.25) is 0 Å². The van der Waals surface area contributed by atoms with Gasteiger partial charge in [0.2, 0.25) is 0 Å². The van der Waals surface area contributed by atoms with E-state index in [1.54, 1.807) is 0 Å². The number of nitrogens with zero attached hydrogens (tertiary/aromatic N) is 2. The van der Waals surface area contributed by atoms with Crippen LogP contribution in [-0.2, 0) is 9.84 Å². The Morgan fingerprint density at radius 2 is 2.15 bits per heavy atom. The zero-order chi connectivity index (χ0) is 15.1. The Kier molecular flexibility index (Phi) is 4.02. The number of nitrogens with two attached hydrogens (primary N) is 1. The van der Waals surface area contributed by atoms with Crippen LogP contribution in [0.1, 0.15) is 23.7 Å². The SMILES string of the molecule is Cc1cc(C)c(C(N)=S)c(N2CCS(=O)(=O)CC2C)n1. The van der Waals surface area contributed by atoms with Gasteiger partial charge in [0.25, 0.3) is 0 Å². The van der Waals surface area contributed by atoms with Crippen molar-refractivity contribution in [3.63, 3.8) is 0 Å². The number of aryl methyl sites for hydroxylation is 2. The van der Waals surface area contributed by atoms with Crippen molar-refractivity contribution in [2.45, 2.75) is 26.8 Å². The number of anilines is 1. The van der Waals surface area contributed by atoms with Gasteiger partial charge in [0, 0.05) is 18.3 Å². The molecule has 0 radical (unpaired) electrons. The predicted molar refractivity (Wildman–Crippen MR) is 85.1 cm³/mol. The highest BCUT2D eigenvalue weighted by atomic mass is 32.2. The molecule has 2 heterocycles. The molecule has 1 unspecified atom stereocenters. The molecule has 0 saturated carbocycles. The maximum absolute atomic E-state index is 11.7. The Hall–Kier alpha value is -1.21. The van der Waals surface area contributed by atoms with Gasteiger partial charge in [-0.05, 0) is 32.4 Å². The van der Waals surface area contributed by atoms with Crippen molar-refractivity contribution >= 4 is 32.9 Å². The molecule has 1 aromatic heterocycles. The molecule has 1 atom stereocenters. The average Bonchev–Trinajstić information content (AvgIpc) is 2.25. The van der Waals surface area contributed by atoms with E-state index in [2.05, 4.69) is 4.98 Å². The van der Waals surface area contributed by atoms with Crippen LogP contribution in [0.25, 0.3) is 0 Å². The van der Waals surface area contributed by atoms with E-state index in [-0.39, 0.29) is 17.5 Å². The molecular formula is C13H19N3O2S2. The van der Waals surface area contributed by atoms with E-state index in [4.69, 9.17) is 18.0 Å². The second kappa shape index (κ2) is 5.29. The van der Waals surface area contributed by atoms with Crippen LogP contribution < -0.4 is 10.6 Å². The fourth-order valence-corrected chi connectivity index (χ4v) is 4.45. The third kappa shape index (κ3) is 2.93. The third-order valence-electron chi connectivity index (χ3n) is 3.51. The van der Waals surface area contributed by atoms with E-state index in [0.29, 0.717) is 17.4 Å². The minimum atomic E-state index is -2.96. The van der Waals surface area contributed by atoms with Crippen LogP contribution in [0.4, 0.5) is 5.82 Å². The fourth-order valence-electron chi connectivity index (χ4n) is 2.64. The molecule has 1 aliphatic heterocycles. The van der Waals surface area contributed by atoms with E-state index in [9.17, 15) is 8.42 Å². The molecule has 2 rings (SSSR count). The normalized spacial score (nSPS) is 21.8. The molecule has 0 spiro atoms. The zero-order valence-electron chi connectivity index (χ0n) is 11.9. The Balaban J connectivity index is 2.50. The van der Waals surface area contributed by atoms with Gasteiger partial charge in [0.05, 0.1) is 17.1 Å². The standard InChI is InChI=1S/C13H19N3O2S2/c1-8-6-9(2)15-13(11(8)12(14)19)16-4-5-20(17,18)7-10(16)3/h6,10H,4-5,7H2,1-3H3,(H2,14,19). The van der Waals surface area contributed by atoms with E-state index in [0.717, 1.165) is 16.8 Å². The summed E-state index contributed by atoms with van der Waals surface area (Å²) in [6.45, 7) is 6.16. The zero-order valence-corrected chi connectivity index (χ0v) is 13.5. The van der Waals surface area contributed by atoms with E-state index < -0.39 is 9.84 Å². The molecule has 7 heteroatoms. The van der Waals surface area contributed by atoms with Crippen molar-refractivity contribution in [1.29, 1.82) is 0 Å². The first-order chi connectivity index (χ1) is 9.21. The molecule has 0 amide bonds. The number of pyridine rings is 1. The molecule has 0 aliphatic carbocycles. The molecule has 1 saturated heterocycles. The lowest BCUT2D eigenvalue weighted by Crippen LogP contribution is -2.48. The van der Waals surface area contributed by atoms with Crippen molar-refractivity contribution in [3.05, 3.63) is 22.9 Å². The van der Waals surface area contributed by atoms with Crippen LogP contribution >= 0.6 is 12.2 Å². The summed E-state index contributed by atoms with van der Waals surface area (Å²) in [5.74, 6) is 0.985. The van der Waals surface area contributed by atoms with Gasteiger partial charge >= 0.3 is 0 Å². The Bertz CT molecular complexity index is 656. The largest absolute Gasteiger partial charge is 0.389 e. The minimum Gasteiger partial charge on any atom is -0.389 e. The van der Waals surface area contributed by atoms with Gasteiger partial charge in [-0.25, -0.2) is 13.4 Å². The van der Waals surface area contributed by atoms with Crippen LogP contribution in [0.3, 0.4) is 0 Å². The van der Waals surface area contributed by atoms with Gasteiger partial charge in [-0.1, -0.05) is 12.2 Å². The molecule has 0 bridgehead atoms. The fraction of sp³-hybridized carbons (Fsp3) is 0.538. The lowest BCUT2D eigenvalue weighted by atomic mass is 10.1. The first kappa shape index (κ1) is 15.2. The Morgan fingerprint density at radius 1 is 1.50 bits per heavy atom. The summed E-state index contributed by atoms with van der Waals surface area (Å²) in [7, 11) is -2.96. The van der Waals surface area contributed by atoms with Crippen molar-refractivity contribution in [2.24, 2.45) is 5.73 Å². The molecule has 0 aromatic carbocycles. The number of hydrogen-bond donors (Lipinski definition) is 1. The summed E-state index contributed by atoms with van der Waals surface area (Å²) in [5, 5.41) is 0. The van der Waals surface area contributed by atoms with Gasteiger partial charge in [0.1, 0.15) is 10.8 Å². The van der Waals surface area contributed by atoms with Crippen molar-refractivity contribution < 1.29 is 8.42 Å². The lowest BCUT2D eigenvalue weighted by molar-refractivity contribution is 0.566. The van der Waals surface area contributed by atoms with Gasteiger partial charge in [-0.2, -0.15) is 0 Å². The highest BCUT2D eigenvalue weighted by Gasteiger charge is 2.31. The smallest absolute Gasteiger partial charge is 0.154 e. The third-order valence-corrected chi connectivity index (χ3v) is 5.51. The summed E-state index contributed by atoms with van der Waals surface area (Å²) in [4.78, 5) is 6.83. The van der Waals surface area contributed by atoms with Crippen molar-refractivity contribution in [3.8, 4) is 0 Å². The van der Waals surface area contributed by atoms with E-state index in [1.807, 2.05) is 31.7 Å². The highest BCUT2D eigenvalue weighted by molar-refractivity contribution is 7.91.